The number of Topliss-reactive ketones (excluding diaryl/α,β-unsaturated/α-hetero) is 2. The number of ether oxygens (including phenoxy) is 1. The maximum Gasteiger partial charge on any atom is 0.155 e. The van der Waals surface area contributed by atoms with Gasteiger partial charge in [0.2, 0.25) is 0 Å². The first-order chi connectivity index (χ1) is 13.4. The second-order valence-electron chi connectivity index (χ2n) is 8.43. The zero-order valence-electron chi connectivity index (χ0n) is 16.0. The van der Waals surface area contributed by atoms with E-state index in [1.54, 1.807) is 0 Å². The normalized spacial score (nSPS) is 37.6. The van der Waals surface area contributed by atoms with Gasteiger partial charge in [0.15, 0.2) is 5.78 Å². The zero-order chi connectivity index (χ0) is 19.7. The van der Waals surface area contributed by atoms with E-state index in [0.29, 0.717) is 13.0 Å². The van der Waals surface area contributed by atoms with Crippen molar-refractivity contribution in [3.8, 4) is 0 Å². The molecule has 0 unspecified atom stereocenters. The molecule has 5 atom stereocenters. The van der Waals surface area contributed by atoms with Gasteiger partial charge in [0.25, 0.3) is 0 Å². The minimum absolute atomic E-state index is 0.156. The minimum atomic E-state index is -0.874. The van der Waals surface area contributed by atoms with E-state index in [9.17, 15) is 9.59 Å². The molecule has 0 saturated heterocycles. The maximum atomic E-state index is 13.9. The lowest BCUT2D eigenvalue weighted by Crippen LogP contribution is -2.65. The minimum Gasteiger partial charge on any atom is -0.377 e. The number of carbonyl (C=O) groups excluding carboxylic acids is 2. The number of hydrogen-bond donors (Lipinski definition) is 0. The highest BCUT2D eigenvalue weighted by molar-refractivity contribution is 9.10. The summed E-state index contributed by atoms with van der Waals surface area (Å²) in [6, 6.07) is 20.0. The predicted octanol–water partition coefficient (Wildman–Crippen LogP) is 4.32. The molecule has 0 amide bonds. The summed E-state index contributed by atoms with van der Waals surface area (Å²) >= 11 is 3.84. The van der Waals surface area contributed by atoms with Crippen LogP contribution in [0.3, 0.4) is 0 Å². The number of hydrogen-bond acceptors (Lipinski definition) is 3. The summed E-state index contributed by atoms with van der Waals surface area (Å²) < 4.78 is 4.99. The second kappa shape index (κ2) is 5.87. The van der Waals surface area contributed by atoms with Crippen molar-refractivity contribution in [1.82, 2.24) is 0 Å². The molecule has 0 aliphatic heterocycles. The zero-order valence-corrected chi connectivity index (χ0v) is 17.6. The first kappa shape index (κ1) is 18.3. The first-order valence-corrected chi connectivity index (χ1v) is 10.7. The molecule has 3 aliphatic carbocycles. The Hall–Kier alpha value is -1.78. The molecule has 3 saturated carbocycles. The van der Waals surface area contributed by atoms with Gasteiger partial charge in [-0.1, -0.05) is 76.6 Å². The van der Waals surface area contributed by atoms with E-state index in [-0.39, 0.29) is 23.6 Å². The van der Waals surface area contributed by atoms with Crippen LogP contribution in [0.2, 0.25) is 0 Å². The van der Waals surface area contributed by atoms with Gasteiger partial charge in [-0.2, -0.15) is 0 Å². The fraction of sp³-hybridized carbons (Fsp3) is 0.417. The molecule has 0 bridgehead atoms. The van der Waals surface area contributed by atoms with Crippen molar-refractivity contribution in [3.05, 3.63) is 71.8 Å². The van der Waals surface area contributed by atoms with E-state index >= 15 is 0 Å². The largest absolute Gasteiger partial charge is 0.377 e. The summed E-state index contributed by atoms with van der Waals surface area (Å²) in [4.78, 5) is 27.6. The fourth-order valence-corrected chi connectivity index (χ4v) is 7.36. The summed E-state index contributed by atoms with van der Waals surface area (Å²) in [6.07, 6.45) is 0.468. The Morgan fingerprint density at radius 1 is 0.964 bits per heavy atom. The number of halogens is 1. The van der Waals surface area contributed by atoms with Crippen LogP contribution in [-0.2, 0) is 19.7 Å². The molecular weight excluding hydrogens is 416 g/mol. The summed E-state index contributed by atoms with van der Waals surface area (Å²) in [5.74, 6) is -0.377. The average molecular weight is 439 g/mol. The van der Waals surface area contributed by atoms with Crippen LogP contribution < -0.4 is 0 Å². The molecule has 2 aromatic carbocycles. The lowest BCUT2D eigenvalue weighted by Gasteiger charge is -2.54. The smallest absolute Gasteiger partial charge is 0.155 e. The Morgan fingerprint density at radius 3 is 2.00 bits per heavy atom. The quantitative estimate of drug-likeness (QED) is 0.667. The molecule has 144 valence electrons. The molecule has 4 heteroatoms. The van der Waals surface area contributed by atoms with E-state index < -0.39 is 21.1 Å². The molecule has 3 fully saturated rings. The van der Waals surface area contributed by atoms with Gasteiger partial charge >= 0.3 is 0 Å². The van der Waals surface area contributed by atoms with Crippen molar-refractivity contribution < 1.29 is 14.3 Å². The predicted molar refractivity (Wildman–Crippen MR) is 110 cm³/mol. The Morgan fingerprint density at radius 2 is 1.50 bits per heavy atom. The monoisotopic (exact) mass is 438 g/mol. The Kier molecular flexibility index (Phi) is 3.83. The summed E-state index contributed by atoms with van der Waals surface area (Å²) in [7, 11) is 0. The van der Waals surface area contributed by atoms with Crippen LogP contribution in [0.4, 0.5) is 0 Å². The number of fused-ring (bicyclic) bond motifs is 2. The third kappa shape index (κ3) is 1.84. The Balaban J connectivity index is 1.72. The van der Waals surface area contributed by atoms with Crippen LogP contribution in [0.25, 0.3) is 0 Å². The van der Waals surface area contributed by atoms with E-state index in [1.165, 1.54) is 0 Å². The Bertz CT molecular complexity index is 917. The standard InChI is InChI=1S/C24H23BrO3/c1-3-28-18-14-17-20(26)24(25)19(21(27)22(17,18)2)23(24,15-10-6-4-7-11-15)16-12-8-5-9-13-16/h4-13,17-19H,3,14H2,1-2H3/t17-,18-,19-,22+,24-/m0/s1. The third-order valence-corrected chi connectivity index (χ3v) is 8.93. The lowest BCUT2D eigenvalue weighted by atomic mass is 9.51. The molecular formula is C24H23BrO3. The lowest BCUT2D eigenvalue weighted by molar-refractivity contribution is -0.183. The number of benzene rings is 2. The van der Waals surface area contributed by atoms with Crippen molar-refractivity contribution in [3.63, 3.8) is 0 Å². The van der Waals surface area contributed by atoms with Gasteiger partial charge in [0, 0.05) is 12.5 Å². The van der Waals surface area contributed by atoms with Crippen LogP contribution in [0.15, 0.2) is 60.7 Å². The molecule has 5 rings (SSSR count). The van der Waals surface area contributed by atoms with Gasteiger partial charge in [-0.25, -0.2) is 0 Å². The number of carbonyl (C=O) groups is 2. The average Bonchev–Trinajstić information content (AvgIpc) is 3.32. The summed E-state index contributed by atoms with van der Waals surface area (Å²) in [5, 5.41) is 0. The van der Waals surface area contributed by atoms with Crippen LogP contribution >= 0.6 is 15.9 Å². The van der Waals surface area contributed by atoms with Gasteiger partial charge in [-0.15, -0.1) is 0 Å². The third-order valence-electron chi connectivity index (χ3n) is 7.46. The highest BCUT2D eigenvalue weighted by Gasteiger charge is 2.89. The summed E-state index contributed by atoms with van der Waals surface area (Å²) in [6.45, 7) is 4.43. The van der Waals surface area contributed by atoms with Gasteiger partial charge in [-0.3, -0.25) is 9.59 Å². The molecule has 0 heterocycles. The fourth-order valence-electron chi connectivity index (χ4n) is 5.96. The molecule has 28 heavy (non-hydrogen) atoms. The SMILES string of the molecule is CCO[C@H]1C[C@H]2C(=O)[C@@]3(Br)[C@@H](C(=O)[C@@]12C)C3(c1ccccc1)c1ccccc1. The molecule has 3 aliphatic rings. The molecule has 2 aromatic rings. The Labute approximate surface area is 173 Å². The number of rotatable bonds is 4. The number of alkyl halides is 1. The van der Waals surface area contributed by atoms with Gasteiger partial charge in [-0.05, 0) is 31.4 Å². The topological polar surface area (TPSA) is 43.4 Å². The van der Waals surface area contributed by atoms with E-state index in [0.717, 1.165) is 11.1 Å². The van der Waals surface area contributed by atoms with Gasteiger partial charge in [0.1, 0.15) is 10.1 Å². The van der Waals surface area contributed by atoms with Crippen molar-refractivity contribution in [2.24, 2.45) is 17.3 Å². The van der Waals surface area contributed by atoms with Crippen molar-refractivity contribution in [2.75, 3.05) is 6.61 Å². The molecule has 0 spiro atoms. The second-order valence-corrected chi connectivity index (χ2v) is 9.68. The van der Waals surface area contributed by atoms with Crippen LogP contribution in [0.1, 0.15) is 31.4 Å². The molecule has 0 radical (unpaired) electrons. The van der Waals surface area contributed by atoms with Crippen LogP contribution in [-0.4, -0.2) is 28.6 Å². The van der Waals surface area contributed by atoms with Crippen LogP contribution in [0.5, 0.6) is 0 Å². The molecule has 3 nitrogen and oxygen atoms in total. The molecule has 0 N–H and O–H groups in total. The highest BCUT2D eigenvalue weighted by atomic mass is 79.9. The highest BCUT2D eigenvalue weighted by Crippen LogP contribution is 2.78. The number of ketones is 2. The van der Waals surface area contributed by atoms with Gasteiger partial charge in [0.05, 0.1) is 22.9 Å². The van der Waals surface area contributed by atoms with E-state index in [4.69, 9.17) is 4.74 Å². The summed E-state index contributed by atoms with van der Waals surface area (Å²) in [5.41, 5.74) is 0.645. The van der Waals surface area contributed by atoms with Crippen LogP contribution in [0, 0.1) is 17.3 Å². The van der Waals surface area contributed by atoms with Crippen molar-refractivity contribution in [2.45, 2.75) is 36.1 Å². The van der Waals surface area contributed by atoms with Gasteiger partial charge < -0.3 is 4.74 Å². The first-order valence-electron chi connectivity index (χ1n) is 9.95. The molecule has 0 aromatic heterocycles. The van der Waals surface area contributed by atoms with Crippen molar-refractivity contribution >= 4 is 27.5 Å². The maximum absolute atomic E-state index is 13.9. The van der Waals surface area contributed by atoms with Crippen molar-refractivity contribution in [1.29, 1.82) is 0 Å². The van der Waals surface area contributed by atoms with E-state index in [1.807, 2.05) is 74.5 Å². The van der Waals surface area contributed by atoms with E-state index in [2.05, 4.69) is 15.9 Å².